The Morgan fingerprint density at radius 1 is 0.938 bits per heavy atom. The lowest BCUT2D eigenvalue weighted by Crippen LogP contribution is -2.46. The van der Waals surface area contributed by atoms with Gasteiger partial charge in [-0.15, -0.1) is 0 Å². The maximum Gasteiger partial charge on any atom is 0.481 e. The van der Waals surface area contributed by atoms with E-state index in [-0.39, 0.29) is 47.5 Å². The van der Waals surface area contributed by atoms with E-state index in [1.165, 1.54) is 65.2 Å². The molecule has 0 bridgehead atoms. The molecule has 8 atom stereocenters. The Labute approximate surface area is 376 Å². The molecule has 1 fully saturated rings. The number of aliphatic hydroxyl groups is 2. The van der Waals surface area contributed by atoms with Crippen LogP contribution in [-0.2, 0) is 50.7 Å². The molecule has 366 valence electrons. The first-order chi connectivity index (χ1) is 30.0. The smallest absolute Gasteiger partial charge is 0.386 e. The summed E-state index contributed by atoms with van der Waals surface area (Å²) >= 11 is 1.16. The number of carbonyl (C=O) groups is 3. The number of thioether (sulfide) groups is 1. The van der Waals surface area contributed by atoms with Crippen LogP contribution in [-0.4, -0.2) is 123 Å². The number of rotatable bonds is 31. The number of anilines is 1. The van der Waals surface area contributed by atoms with Crippen LogP contribution in [0.4, 0.5) is 5.82 Å². The second-order valence-corrected chi connectivity index (χ2v) is 21.4. The lowest BCUT2D eigenvalue weighted by molar-refractivity contribution is -0.137. The molecule has 4 unspecified atom stereocenters. The van der Waals surface area contributed by atoms with Crippen molar-refractivity contribution < 1.29 is 80.5 Å². The van der Waals surface area contributed by atoms with Gasteiger partial charge in [0, 0.05) is 36.6 Å². The van der Waals surface area contributed by atoms with Gasteiger partial charge >= 0.3 is 23.5 Å². The zero-order valence-corrected chi connectivity index (χ0v) is 39.9. The number of nitrogens with zero attached hydrogens (tertiary/aromatic N) is 4. The van der Waals surface area contributed by atoms with Crippen LogP contribution < -0.4 is 16.4 Å². The lowest BCUT2D eigenvalue weighted by atomic mass is 9.87. The molecule has 24 nitrogen and oxygen atoms in total. The number of fused-ring (bicyclic) bond motifs is 1. The summed E-state index contributed by atoms with van der Waals surface area (Å²) in [6, 6.07) is 0. The monoisotopic (exact) mass is 991 g/mol. The molecule has 2 aromatic heterocycles. The predicted octanol–water partition coefficient (Wildman–Crippen LogP) is 3.61. The number of aliphatic hydroxyl groups excluding tert-OH is 2. The highest BCUT2D eigenvalue weighted by atomic mass is 32.2. The van der Waals surface area contributed by atoms with Crippen LogP contribution in [0.15, 0.2) is 12.7 Å². The number of hydrogen-bond donors (Lipinski definition) is 9. The molecule has 10 N–H and O–H groups in total. The van der Waals surface area contributed by atoms with Crippen molar-refractivity contribution in [2.24, 2.45) is 11.3 Å². The number of amides is 2. The average molecular weight is 992 g/mol. The van der Waals surface area contributed by atoms with Crippen LogP contribution in [0, 0.1) is 11.3 Å². The third kappa shape index (κ3) is 19.0. The third-order valence-electron chi connectivity index (χ3n) is 10.1. The second-order valence-electron chi connectivity index (χ2n) is 16.1. The largest absolute Gasteiger partial charge is 0.481 e. The zero-order valence-electron chi connectivity index (χ0n) is 36.4. The summed E-state index contributed by atoms with van der Waals surface area (Å²) in [6.45, 7) is 4.69. The summed E-state index contributed by atoms with van der Waals surface area (Å²) in [5, 5.41) is 26.7. The molecule has 0 aliphatic carbocycles. The number of phosphoric ester groups is 3. The Balaban J connectivity index is 1.36. The standard InChI is InChI=1S/C36H64N7O17P3S/c1-5-6-7-8-9-10-11-12-13-14-15-24(2)35(48)64-19-18-38-26(44)16-17-39-33(47)30(46)36(3,4)21-57-63(54,55)60-62(52,53)56-20-25-29(59-61(49,50)51)28(45)34(58-25)43-23-42-27-31(37)40-22-41-32(27)43/h22-25,28-30,34,45-46H,5-21H2,1-4H3,(H,38,44)(H,39,47)(H,52,53)(H,54,55)(H2,37,40,41)(H2,49,50,51)/t24?,25-,28-,29-,30?,34-/m1/s1. The van der Waals surface area contributed by atoms with Gasteiger partial charge in [-0.1, -0.05) is 104 Å². The number of hydrogen-bond acceptors (Lipinski definition) is 18. The topological polar surface area (TPSA) is 364 Å². The molecule has 0 aromatic carbocycles. The molecule has 0 spiro atoms. The van der Waals surface area contributed by atoms with Crippen molar-refractivity contribution in [2.45, 2.75) is 135 Å². The van der Waals surface area contributed by atoms with Crippen molar-refractivity contribution in [1.82, 2.24) is 30.2 Å². The molecule has 28 heteroatoms. The van der Waals surface area contributed by atoms with Gasteiger partial charge in [-0.05, 0) is 6.42 Å². The van der Waals surface area contributed by atoms with E-state index >= 15 is 0 Å². The summed E-state index contributed by atoms with van der Waals surface area (Å²) in [7, 11) is -16.4. The Bertz CT molecular complexity index is 1960. The normalized spacial score (nSPS) is 21.0. The lowest BCUT2D eigenvalue weighted by Gasteiger charge is -2.30. The Kier molecular flexibility index (Phi) is 22.9. The molecule has 0 saturated carbocycles. The van der Waals surface area contributed by atoms with E-state index < -0.39 is 84.6 Å². The van der Waals surface area contributed by atoms with E-state index in [1.807, 2.05) is 6.92 Å². The molecule has 1 aliphatic rings. The van der Waals surface area contributed by atoms with E-state index in [1.54, 1.807) is 0 Å². The fraction of sp³-hybridized carbons (Fsp3) is 0.778. The first-order valence-corrected chi connectivity index (χ1v) is 26.5. The molecule has 1 saturated heterocycles. The number of imidazole rings is 1. The van der Waals surface area contributed by atoms with Crippen molar-refractivity contribution in [3.63, 3.8) is 0 Å². The Hall–Kier alpha value is -2.44. The van der Waals surface area contributed by atoms with Gasteiger partial charge in [0.25, 0.3) is 0 Å². The molecular formula is C36H64N7O17P3S. The maximum absolute atomic E-state index is 12.7. The fourth-order valence-electron chi connectivity index (χ4n) is 6.48. The molecule has 2 aromatic rings. The minimum absolute atomic E-state index is 0.0333. The summed E-state index contributed by atoms with van der Waals surface area (Å²) in [6.07, 6.45) is 6.19. The van der Waals surface area contributed by atoms with Gasteiger partial charge in [-0.3, -0.25) is 32.5 Å². The molecule has 1 aliphatic heterocycles. The molecule has 0 radical (unpaired) electrons. The van der Waals surface area contributed by atoms with Crippen LogP contribution in [0.3, 0.4) is 0 Å². The van der Waals surface area contributed by atoms with Crippen molar-refractivity contribution in [2.75, 3.05) is 37.8 Å². The van der Waals surface area contributed by atoms with Crippen molar-refractivity contribution in [3.05, 3.63) is 12.7 Å². The van der Waals surface area contributed by atoms with Crippen molar-refractivity contribution >= 4 is 69.1 Å². The van der Waals surface area contributed by atoms with Crippen molar-refractivity contribution in [1.29, 1.82) is 0 Å². The number of aromatic nitrogens is 4. The van der Waals surface area contributed by atoms with Gasteiger partial charge in [0.05, 0.1) is 19.5 Å². The van der Waals surface area contributed by atoms with Gasteiger partial charge in [0.2, 0.25) is 11.8 Å². The van der Waals surface area contributed by atoms with Gasteiger partial charge in [0.1, 0.15) is 36.3 Å². The summed E-state index contributed by atoms with van der Waals surface area (Å²) in [5.41, 5.74) is 4.28. The third-order valence-corrected chi connectivity index (χ3v) is 14.3. The van der Waals surface area contributed by atoms with Crippen LogP contribution in [0.1, 0.15) is 111 Å². The van der Waals surface area contributed by atoms with Crippen LogP contribution in [0.5, 0.6) is 0 Å². The van der Waals surface area contributed by atoms with Gasteiger partial charge in [-0.25, -0.2) is 28.6 Å². The second kappa shape index (κ2) is 26.2. The molecular weight excluding hydrogens is 927 g/mol. The zero-order chi connectivity index (χ0) is 47.7. The maximum atomic E-state index is 12.7. The summed E-state index contributed by atoms with van der Waals surface area (Å²) in [5.74, 6) is -1.11. The van der Waals surface area contributed by atoms with Crippen LogP contribution in [0.25, 0.3) is 11.2 Å². The quantitative estimate of drug-likeness (QED) is 0.0385. The van der Waals surface area contributed by atoms with E-state index in [0.29, 0.717) is 5.75 Å². The molecule has 3 rings (SSSR count). The van der Waals surface area contributed by atoms with Crippen molar-refractivity contribution in [3.8, 4) is 0 Å². The SMILES string of the molecule is CCCCCCCCCCCCC(C)C(=O)SCCNC(=O)CCNC(=O)C(O)C(C)(C)COP(=O)(O)OP(=O)(O)OC[C@H]1O[C@@H](n2cnc3c(N)ncnc32)[C@H](O)[C@@H]1OP(=O)(O)O. The van der Waals surface area contributed by atoms with Crippen LogP contribution in [0.2, 0.25) is 0 Å². The first kappa shape index (κ1) is 55.9. The number of unbranched alkanes of at least 4 members (excludes halogenated alkanes) is 9. The first-order valence-electron chi connectivity index (χ1n) is 21.0. The van der Waals surface area contributed by atoms with E-state index in [4.69, 9.17) is 19.5 Å². The van der Waals surface area contributed by atoms with E-state index in [9.17, 15) is 57.9 Å². The highest BCUT2D eigenvalue weighted by Gasteiger charge is 2.50. The molecule has 2 amide bonds. The predicted molar refractivity (Wildman–Crippen MR) is 233 cm³/mol. The van der Waals surface area contributed by atoms with E-state index in [2.05, 4.69) is 41.3 Å². The highest BCUT2D eigenvalue weighted by Crippen LogP contribution is 2.61. The average Bonchev–Trinajstić information content (AvgIpc) is 3.78. The highest BCUT2D eigenvalue weighted by molar-refractivity contribution is 8.13. The number of ether oxygens (including phenoxy) is 1. The van der Waals surface area contributed by atoms with E-state index in [0.717, 1.165) is 48.2 Å². The number of phosphoric acid groups is 3. The number of nitrogens with one attached hydrogen (secondary N) is 2. The minimum Gasteiger partial charge on any atom is -0.386 e. The van der Waals surface area contributed by atoms with Gasteiger partial charge < -0.3 is 50.9 Å². The van der Waals surface area contributed by atoms with Gasteiger partial charge in [0.15, 0.2) is 22.8 Å². The van der Waals surface area contributed by atoms with Gasteiger partial charge in [-0.2, -0.15) is 4.31 Å². The number of nitrogens with two attached hydrogens (primary N) is 1. The molecule has 64 heavy (non-hydrogen) atoms. The summed E-state index contributed by atoms with van der Waals surface area (Å²) < 4.78 is 62.4. The Morgan fingerprint density at radius 3 is 2.20 bits per heavy atom. The summed E-state index contributed by atoms with van der Waals surface area (Å²) in [4.78, 5) is 88.6. The molecule has 3 heterocycles. The Morgan fingerprint density at radius 2 is 1.56 bits per heavy atom. The minimum atomic E-state index is -5.57. The number of carbonyl (C=O) groups excluding carboxylic acids is 3. The fourth-order valence-corrected chi connectivity index (χ4v) is 10.1. The van der Waals surface area contributed by atoms with Crippen LogP contribution >= 0.6 is 35.2 Å². The number of nitrogen functional groups attached to an aromatic ring is 1.